The van der Waals surface area contributed by atoms with E-state index < -0.39 is 6.04 Å². The maximum Gasteiger partial charge on any atom is 0.263 e. The van der Waals surface area contributed by atoms with Gasteiger partial charge in [0, 0.05) is 40.5 Å². The summed E-state index contributed by atoms with van der Waals surface area (Å²) in [5, 5.41) is 16.1. The predicted molar refractivity (Wildman–Crippen MR) is 97.7 cm³/mol. The Kier molecular flexibility index (Phi) is 3.38. The fourth-order valence-corrected chi connectivity index (χ4v) is 4.88. The van der Waals surface area contributed by atoms with E-state index in [0.717, 1.165) is 34.3 Å². The van der Waals surface area contributed by atoms with Crippen molar-refractivity contribution in [1.82, 2.24) is 19.9 Å². The van der Waals surface area contributed by atoms with Gasteiger partial charge in [0.2, 0.25) is 5.88 Å². The van der Waals surface area contributed by atoms with Crippen LogP contribution in [0.1, 0.15) is 22.9 Å². The number of hydrogen-bond acceptors (Lipinski definition) is 5. The number of aromatic nitrogens is 3. The molecule has 3 aromatic rings. The molecule has 0 saturated carbocycles. The Labute approximate surface area is 152 Å². The first-order valence-electron chi connectivity index (χ1n) is 8.13. The third kappa shape index (κ3) is 2.23. The minimum atomic E-state index is -0.404. The summed E-state index contributed by atoms with van der Waals surface area (Å²) in [6.45, 7) is 1.34. The quantitative estimate of drug-likeness (QED) is 0.570. The number of nitrogens with one attached hydrogen (secondary N) is 2. The molecule has 0 spiro atoms. The van der Waals surface area contributed by atoms with Crippen LogP contribution in [0, 0.1) is 0 Å². The monoisotopic (exact) mass is 374 g/mol. The molecule has 0 amide bonds. The Hall–Kier alpha value is -1.96. The smallest absolute Gasteiger partial charge is 0.263 e. The molecule has 0 fully saturated rings. The number of aromatic hydroxyl groups is 1. The molecule has 1 unspecified atom stereocenters. The summed E-state index contributed by atoms with van der Waals surface area (Å²) in [6, 6.07) is 5.32. The zero-order valence-electron chi connectivity index (χ0n) is 13.2. The number of aromatic amines is 1. The first kappa shape index (κ1) is 15.3. The highest BCUT2D eigenvalue weighted by atomic mass is 35.5. The van der Waals surface area contributed by atoms with Crippen molar-refractivity contribution in [1.29, 1.82) is 0 Å². The van der Waals surface area contributed by atoms with Crippen molar-refractivity contribution in [2.24, 2.45) is 0 Å². The molecule has 0 saturated heterocycles. The molecule has 8 heteroatoms. The van der Waals surface area contributed by atoms with Crippen LogP contribution < -0.4 is 10.9 Å². The predicted octanol–water partition coefficient (Wildman–Crippen LogP) is 2.42. The average molecular weight is 375 g/mol. The number of rotatable bonds is 1. The maximum absolute atomic E-state index is 12.9. The topological polar surface area (TPSA) is 82.9 Å². The maximum atomic E-state index is 12.9. The van der Waals surface area contributed by atoms with Gasteiger partial charge in [-0.25, -0.2) is 0 Å². The summed E-state index contributed by atoms with van der Waals surface area (Å²) < 4.78 is 1.65. The molecule has 1 atom stereocenters. The number of halogens is 1. The fraction of sp³-hybridized carbons (Fsp3) is 0.294. The molecular formula is C17H15ClN4O2S. The molecule has 2 aliphatic rings. The van der Waals surface area contributed by atoms with E-state index in [2.05, 4.69) is 15.3 Å². The number of thioether (sulfide) groups is 1. The number of benzene rings is 1. The lowest BCUT2D eigenvalue weighted by atomic mass is 9.95. The van der Waals surface area contributed by atoms with Crippen LogP contribution in [-0.2, 0) is 13.0 Å². The molecule has 0 bridgehead atoms. The van der Waals surface area contributed by atoms with E-state index in [1.54, 1.807) is 4.57 Å². The van der Waals surface area contributed by atoms with Gasteiger partial charge >= 0.3 is 0 Å². The lowest BCUT2D eigenvalue weighted by Gasteiger charge is -2.25. The molecule has 2 aromatic heterocycles. The van der Waals surface area contributed by atoms with E-state index in [1.165, 1.54) is 11.8 Å². The average Bonchev–Trinajstić information content (AvgIpc) is 3.19. The van der Waals surface area contributed by atoms with Crippen LogP contribution in [0.4, 0.5) is 0 Å². The van der Waals surface area contributed by atoms with Gasteiger partial charge in [-0.3, -0.25) is 9.36 Å². The van der Waals surface area contributed by atoms with Crippen molar-refractivity contribution >= 4 is 34.3 Å². The number of fused-ring (bicyclic) bond motifs is 4. The van der Waals surface area contributed by atoms with Crippen LogP contribution in [0.5, 0.6) is 5.88 Å². The Morgan fingerprint density at radius 2 is 2.28 bits per heavy atom. The lowest BCUT2D eigenvalue weighted by molar-refractivity contribution is 0.412. The van der Waals surface area contributed by atoms with Gasteiger partial charge in [0.15, 0.2) is 5.16 Å². The highest BCUT2D eigenvalue weighted by Crippen LogP contribution is 2.36. The van der Waals surface area contributed by atoms with Crippen molar-refractivity contribution < 1.29 is 5.11 Å². The molecule has 6 nitrogen and oxygen atoms in total. The summed E-state index contributed by atoms with van der Waals surface area (Å²) in [6.07, 6.45) is 0.836. The van der Waals surface area contributed by atoms with Crippen LogP contribution in [0.3, 0.4) is 0 Å². The van der Waals surface area contributed by atoms with Crippen molar-refractivity contribution in [2.75, 3.05) is 12.3 Å². The molecule has 25 heavy (non-hydrogen) atoms. The van der Waals surface area contributed by atoms with Crippen molar-refractivity contribution in [2.45, 2.75) is 24.2 Å². The van der Waals surface area contributed by atoms with Crippen LogP contribution in [0.15, 0.2) is 28.2 Å². The van der Waals surface area contributed by atoms with Gasteiger partial charge in [-0.2, -0.15) is 4.98 Å². The zero-order valence-corrected chi connectivity index (χ0v) is 14.7. The minimum Gasteiger partial charge on any atom is -0.493 e. The Balaban J connectivity index is 1.74. The van der Waals surface area contributed by atoms with E-state index in [4.69, 9.17) is 11.6 Å². The summed E-state index contributed by atoms with van der Waals surface area (Å²) in [7, 11) is 0. The SMILES string of the molecule is O=c1c(C2NCCc3c2[nH]c2ccc(Cl)cc32)c(O)nc2n1CCS2. The van der Waals surface area contributed by atoms with Gasteiger partial charge in [-0.05, 0) is 30.2 Å². The van der Waals surface area contributed by atoms with E-state index in [1.807, 2.05) is 18.2 Å². The molecule has 0 radical (unpaired) electrons. The third-order valence-corrected chi connectivity index (χ3v) is 6.09. The van der Waals surface area contributed by atoms with E-state index in [0.29, 0.717) is 28.8 Å². The highest BCUT2D eigenvalue weighted by molar-refractivity contribution is 7.99. The standard InChI is InChI=1S/C17H15ClN4O2S/c18-8-1-2-11-10(7-8)9-3-4-19-14(13(9)20-11)12-15(23)21-17-22(16(12)24)5-6-25-17/h1-2,7,14,19-20,23H,3-6H2. The van der Waals surface area contributed by atoms with Crippen molar-refractivity contribution in [3.63, 3.8) is 0 Å². The Bertz CT molecular complexity index is 1070. The summed E-state index contributed by atoms with van der Waals surface area (Å²) >= 11 is 7.64. The first-order valence-corrected chi connectivity index (χ1v) is 9.49. The Morgan fingerprint density at radius 3 is 3.16 bits per heavy atom. The zero-order chi connectivity index (χ0) is 17.1. The second kappa shape index (κ2) is 5.52. The van der Waals surface area contributed by atoms with Crippen LogP contribution >= 0.6 is 23.4 Å². The van der Waals surface area contributed by atoms with Gasteiger partial charge in [-0.1, -0.05) is 23.4 Å². The number of hydrogen-bond donors (Lipinski definition) is 3. The number of H-pyrrole nitrogens is 1. The molecule has 1 aromatic carbocycles. The summed E-state index contributed by atoms with van der Waals surface area (Å²) in [5.74, 6) is 0.618. The molecule has 2 aliphatic heterocycles. The van der Waals surface area contributed by atoms with Crippen molar-refractivity contribution in [3.8, 4) is 5.88 Å². The fourth-order valence-electron chi connectivity index (χ4n) is 3.77. The van der Waals surface area contributed by atoms with Gasteiger partial charge in [0.25, 0.3) is 5.56 Å². The lowest BCUT2D eigenvalue weighted by Crippen LogP contribution is -2.36. The molecule has 4 heterocycles. The molecule has 5 rings (SSSR count). The molecule has 0 aliphatic carbocycles. The molecule has 128 valence electrons. The third-order valence-electron chi connectivity index (χ3n) is 4.90. The van der Waals surface area contributed by atoms with Crippen molar-refractivity contribution in [3.05, 3.63) is 50.4 Å². The molecular weight excluding hydrogens is 360 g/mol. The van der Waals surface area contributed by atoms with Gasteiger partial charge in [0.05, 0.1) is 6.04 Å². The van der Waals surface area contributed by atoms with Gasteiger partial charge in [-0.15, -0.1) is 0 Å². The minimum absolute atomic E-state index is 0.172. The number of nitrogens with zero attached hydrogens (tertiary/aromatic N) is 2. The normalized spacial score (nSPS) is 19.2. The highest BCUT2D eigenvalue weighted by Gasteiger charge is 2.32. The van der Waals surface area contributed by atoms with E-state index in [9.17, 15) is 9.90 Å². The van der Waals surface area contributed by atoms with Crippen LogP contribution in [-0.4, -0.2) is 31.9 Å². The van der Waals surface area contributed by atoms with Crippen LogP contribution in [0.25, 0.3) is 10.9 Å². The second-order valence-electron chi connectivity index (χ2n) is 6.28. The van der Waals surface area contributed by atoms with Gasteiger partial charge in [0.1, 0.15) is 5.56 Å². The van der Waals surface area contributed by atoms with E-state index >= 15 is 0 Å². The first-order chi connectivity index (χ1) is 12.1. The van der Waals surface area contributed by atoms with E-state index in [-0.39, 0.29) is 11.4 Å². The Morgan fingerprint density at radius 1 is 1.40 bits per heavy atom. The largest absolute Gasteiger partial charge is 0.493 e. The molecule has 3 N–H and O–H groups in total. The summed E-state index contributed by atoms with van der Waals surface area (Å²) in [4.78, 5) is 20.6. The summed E-state index contributed by atoms with van der Waals surface area (Å²) in [5.41, 5.74) is 3.16. The van der Waals surface area contributed by atoms with Gasteiger partial charge < -0.3 is 15.4 Å². The second-order valence-corrected chi connectivity index (χ2v) is 7.78. The van der Waals surface area contributed by atoms with Crippen LogP contribution in [0.2, 0.25) is 5.02 Å².